The maximum atomic E-state index is 13.9. The van der Waals surface area contributed by atoms with Crippen molar-refractivity contribution in [1.82, 2.24) is 4.90 Å². The molecule has 1 N–H and O–H groups in total. The molecule has 0 radical (unpaired) electrons. The number of likely N-dealkylation sites (tertiary alicyclic amines) is 1. The van der Waals surface area contributed by atoms with Gasteiger partial charge in [-0.05, 0) is 12.1 Å². The molecule has 0 saturated carbocycles. The topological polar surface area (TPSA) is 76.1 Å². The van der Waals surface area contributed by atoms with E-state index in [4.69, 9.17) is 14.6 Å². The molecular weight excluding hydrogens is 353 g/mol. The Balaban J connectivity index is 1.80. The van der Waals surface area contributed by atoms with Crippen molar-refractivity contribution in [2.75, 3.05) is 13.7 Å². The molecule has 1 amide bonds. The fourth-order valence-electron chi connectivity index (χ4n) is 3.07. The number of carbonyl (C=O) groups is 2. The number of hydrogen-bond acceptors (Lipinski definition) is 4. The minimum Gasteiger partial charge on any atom is -0.493 e. The van der Waals surface area contributed by atoms with Crippen molar-refractivity contribution in [2.45, 2.75) is 19.6 Å². The van der Waals surface area contributed by atoms with Gasteiger partial charge in [0, 0.05) is 30.6 Å². The summed E-state index contributed by atoms with van der Waals surface area (Å²) in [7, 11) is 1.50. The lowest BCUT2D eigenvalue weighted by Gasteiger charge is -2.20. The van der Waals surface area contributed by atoms with Crippen LogP contribution in [0.25, 0.3) is 0 Å². The highest BCUT2D eigenvalue weighted by atomic mass is 19.1. The largest absolute Gasteiger partial charge is 0.493 e. The molecule has 1 heterocycles. The van der Waals surface area contributed by atoms with Gasteiger partial charge in [0.05, 0.1) is 13.0 Å². The second-order valence-electron chi connectivity index (χ2n) is 6.34. The molecule has 6 nitrogen and oxygen atoms in total. The summed E-state index contributed by atoms with van der Waals surface area (Å²) in [4.78, 5) is 24.8. The van der Waals surface area contributed by atoms with E-state index in [-0.39, 0.29) is 37.8 Å². The highest BCUT2D eigenvalue weighted by Crippen LogP contribution is 2.34. The zero-order chi connectivity index (χ0) is 19.4. The first-order valence-electron chi connectivity index (χ1n) is 8.52. The molecule has 2 aromatic carbocycles. The third-order valence-electron chi connectivity index (χ3n) is 4.54. The standard InChI is InChI=1S/C20H20FNO5/c1-26-17-8-4-6-13(10-22-11-15(20(24)25)9-18(22)23)19(17)27-12-14-5-2-3-7-16(14)21/h2-8,15H,9-12H2,1H3,(H,24,25). The molecule has 1 aliphatic rings. The molecule has 0 aliphatic carbocycles. The summed E-state index contributed by atoms with van der Waals surface area (Å²) in [5.41, 5.74) is 1.07. The first-order valence-corrected chi connectivity index (χ1v) is 8.52. The first-order chi connectivity index (χ1) is 13.0. The van der Waals surface area contributed by atoms with E-state index in [1.54, 1.807) is 36.4 Å². The number of rotatable bonds is 7. The Labute approximate surface area is 156 Å². The number of nitrogens with zero attached hydrogens (tertiary/aromatic N) is 1. The zero-order valence-electron chi connectivity index (χ0n) is 14.9. The minimum absolute atomic E-state index is 0.00570. The van der Waals surface area contributed by atoms with Crippen LogP contribution < -0.4 is 9.47 Å². The molecule has 27 heavy (non-hydrogen) atoms. The number of benzene rings is 2. The maximum Gasteiger partial charge on any atom is 0.308 e. The fourth-order valence-corrected chi connectivity index (χ4v) is 3.07. The third-order valence-corrected chi connectivity index (χ3v) is 4.54. The highest BCUT2D eigenvalue weighted by Gasteiger charge is 2.34. The summed E-state index contributed by atoms with van der Waals surface area (Å²) in [5, 5.41) is 9.13. The van der Waals surface area contributed by atoms with Gasteiger partial charge in [-0.3, -0.25) is 9.59 Å². The van der Waals surface area contributed by atoms with E-state index in [1.165, 1.54) is 18.1 Å². The summed E-state index contributed by atoms with van der Waals surface area (Å²) < 4.78 is 25.0. The lowest BCUT2D eigenvalue weighted by Crippen LogP contribution is -2.26. The molecular formula is C20H20FNO5. The van der Waals surface area contributed by atoms with E-state index in [0.29, 0.717) is 22.6 Å². The van der Waals surface area contributed by atoms with Crippen molar-refractivity contribution in [3.05, 3.63) is 59.4 Å². The number of ether oxygens (including phenoxy) is 2. The van der Waals surface area contributed by atoms with Crippen molar-refractivity contribution >= 4 is 11.9 Å². The van der Waals surface area contributed by atoms with Crippen LogP contribution in [-0.4, -0.2) is 35.5 Å². The second kappa shape index (κ2) is 8.07. The Morgan fingerprint density at radius 1 is 1.22 bits per heavy atom. The van der Waals surface area contributed by atoms with Gasteiger partial charge in [-0.25, -0.2) is 4.39 Å². The summed E-state index contributed by atoms with van der Waals surface area (Å²) in [6.45, 7) is 0.357. The number of para-hydroxylation sites is 1. The van der Waals surface area contributed by atoms with Crippen LogP contribution >= 0.6 is 0 Å². The normalized spacial score (nSPS) is 16.4. The van der Waals surface area contributed by atoms with Crippen LogP contribution in [0.5, 0.6) is 11.5 Å². The van der Waals surface area contributed by atoms with Crippen LogP contribution in [-0.2, 0) is 22.7 Å². The number of aliphatic carboxylic acids is 1. The second-order valence-corrected chi connectivity index (χ2v) is 6.34. The highest BCUT2D eigenvalue weighted by molar-refractivity contribution is 5.86. The maximum absolute atomic E-state index is 13.9. The van der Waals surface area contributed by atoms with Crippen LogP contribution in [0.3, 0.4) is 0 Å². The lowest BCUT2D eigenvalue weighted by molar-refractivity contribution is -0.141. The van der Waals surface area contributed by atoms with Crippen molar-refractivity contribution in [3.8, 4) is 11.5 Å². The molecule has 1 saturated heterocycles. The molecule has 2 aromatic rings. The smallest absolute Gasteiger partial charge is 0.308 e. The predicted octanol–water partition coefficient (Wildman–Crippen LogP) is 2.85. The van der Waals surface area contributed by atoms with Gasteiger partial charge in [0.15, 0.2) is 11.5 Å². The Hall–Kier alpha value is -3.09. The molecule has 1 atom stereocenters. The number of carboxylic acids is 1. The number of hydrogen-bond donors (Lipinski definition) is 1. The van der Waals surface area contributed by atoms with Gasteiger partial charge >= 0.3 is 5.97 Å². The van der Waals surface area contributed by atoms with Crippen molar-refractivity contribution < 1.29 is 28.6 Å². The van der Waals surface area contributed by atoms with Crippen LogP contribution in [0.15, 0.2) is 42.5 Å². The molecule has 1 fully saturated rings. The quantitative estimate of drug-likeness (QED) is 0.808. The molecule has 1 unspecified atom stereocenters. The molecule has 0 bridgehead atoms. The van der Waals surface area contributed by atoms with Gasteiger partial charge < -0.3 is 19.5 Å². The molecule has 142 valence electrons. The number of halogens is 1. The fraction of sp³-hybridized carbons (Fsp3) is 0.300. The van der Waals surface area contributed by atoms with Gasteiger partial charge in [0.25, 0.3) is 0 Å². The van der Waals surface area contributed by atoms with E-state index in [0.717, 1.165) is 0 Å². The Bertz CT molecular complexity index is 854. The van der Waals surface area contributed by atoms with Crippen molar-refractivity contribution in [2.24, 2.45) is 5.92 Å². The summed E-state index contributed by atoms with van der Waals surface area (Å²) in [6, 6.07) is 11.6. The van der Waals surface area contributed by atoms with Crippen molar-refractivity contribution in [1.29, 1.82) is 0 Å². The summed E-state index contributed by atoms with van der Waals surface area (Å²) in [6.07, 6.45) is -0.00921. The number of methoxy groups -OCH3 is 1. The third kappa shape index (κ3) is 4.19. The zero-order valence-corrected chi connectivity index (χ0v) is 14.9. The predicted molar refractivity (Wildman–Crippen MR) is 94.9 cm³/mol. The van der Waals surface area contributed by atoms with Gasteiger partial charge in [-0.2, -0.15) is 0 Å². The van der Waals surface area contributed by atoms with E-state index < -0.39 is 11.9 Å². The number of carboxylic acid groups (broad SMARTS) is 1. The van der Waals surface area contributed by atoms with Crippen LogP contribution in [0.2, 0.25) is 0 Å². The lowest BCUT2D eigenvalue weighted by atomic mass is 10.1. The van der Waals surface area contributed by atoms with Gasteiger partial charge in [0.1, 0.15) is 12.4 Å². The molecule has 0 aromatic heterocycles. The summed E-state index contributed by atoms with van der Waals surface area (Å²) in [5.74, 6) is -1.39. The Morgan fingerprint density at radius 2 is 1.96 bits per heavy atom. The van der Waals surface area contributed by atoms with E-state index in [1.807, 2.05) is 0 Å². The minimum atomic E-state index is -0.979. The van der Waals surface area contributed by atoms with E-state index >= 15 is 0 Å². The van der Waals surface area contributed by atoms with E-state index in [9.17, 15) is 14.0 Å². The van der Waals surface area contributed by atoms with Gasteiger partial charge in [-0.15, -0.1) is 0 Å². The number of carbonyl (C=O) groups excluding carboxylic acids is 1. The van der Waals surface area contributed by atoms with E-state index in [2.05, 4.69) is 0 Å². The first kappa shape index (κ1) is 18.7. The monoisotopic (exact) mass is 373 g/mol. The molecule has 1 aliphatic heterocycles. The van der Waals surface area contributed by atoms with Crippen molar-refractivity contribution in [3.63, 3.8) is 0 Å². The molecule has 7 heteroatoms. The number of amides is 1. The van der Waals surface area contributed by atoms with Gasteiger partial charge in [-0.1, -0.05) is 30.3 Å². The van der Waals surface area contributed by atoms with Crippen LogP contribution in [0.4, 0.5) is 4.39 Å². The average Bonchev–Trinajstić information content (AvgIpc) is 3.02. The SMILES string of the molecule is COc1cccc(CN2CC(C(=O)O)CC2=O)c1OCc1ccccc1F. The van der Waals surface area contributed by atoms with Gasteiger partial charge in [0.2, 0.25) is 5.91 Å². The average molecular weight is 373 g/mol. The Kier molecular flexibility index (Phi) is 5.59. The Morgan fingerprint density at radius 3 is 2.63 bits per heavy atom. The van der Waals surface area contributed by atoms with Crippen LogP contribution in [0.1, 0.15) is 17.5 Å². The van der Waals surface area contributed by atoms with Crippen LogP contribution in [0, 0.1) is 11.7 Å². The molecule has 0 spiro atoms. The summed E-state index contributed by atoms with van der Waals surface area (Å²) >= 11 is 0. The molecule has 3 rings (SSSR count).